The maximum atomic E-state index is 6.35. The van der Waals surface area contributed by atoms with E-state index in [0.717, 1.165) is 0 Å². The highest BCUT2D eigenvalue weighted by Gasteiger charge is 2.48. The summed E-state index contributed by atoms with van der Waals surface area (Å²) < 4.78 is 0. The molecule has 2 aliphatic carbocycles. The Kier molecular flexibility index (Phi) is 3.15. The van der Waals surface area contributed by atoms with Gasteiger partial charge >= 0.3 is 0 Å². The van der Waals surface area contributed by atoms with Gasteiger partial charge in [0.15, 0.2) is 0 Å². The molecule has 0 aromatic rings. The van der Waals surface area contributed by atoms with E-state index < -0.39 is 0 Å². The summed E-state index contributed by atoms with van der Waals surface area (Å²) in [6.07, 6.45) is 4.50. The van der Waals surface area contributed by atoms with Gasteiger partial charge in [-0.3, -0.25) is 0 Å². The first-order valence-electron chi connectivity index (χ1n) is 6.64. The molecule has 0 radical (unpaired) electrons. The molecule has 8 unspecified atom stereocenters. The van der Waals surface area contributed by atoms with Crippen molar-refractivity contribution in [3.05, 3.63) is 12.2 Å². The van der Waals surface area contributed by atoms with Crippen LogP contribution in [0.1, 0.15) is 27.7 Å². The van der Waals surface area contributed by atoms with Gasteiger partial charge in [-0.15, -0.1) is 0 Å². The van der Waals surface area contributed by atoms with E-state index in [-0.39, 0.29) is 6.04 Å². The van der Waals surface area contributed by atoms with E-state index in [2.05, 4.69) is 39.8 Å². The zero-order valence-corrected chi connectivity index (χ0v) is 10.9. The van der Waals surface area contributed by atoms with Crippen LogP contribution in [0.2, 0.25) is 0 Å². The van der Waals surface area contributed by atoms with Crippen LogP contribution in [-0.4, -0.2) is 12.1 Å². The van der Waals surface area contributed by atoms with Crippen LogP contribution in [0.5, 0.6) is 0 Å². The number of hydrogen-bond donors (Lipinski definition) is 2. The maximum absolute atomic E-state index is 6.35. The number of allylic oxidation sites excluding steroid dienone is 1. The molecule has 0 bridgehead atoms. The summed E-state index contributed by atoms with van der Waals surface area (Å²) in [5.74, 6) is 3.77. The van der Waals surface area contributed by atoms with Crippen LogP contribution in [0, 0.1) is 35.5 Å². The molecule has 16 heavy (non-hydrogen) atoms. The molecule has 0 aliphatic heterocycles. The van der Waals surface area contributed by atoms with Crippen molar-refractivity contribution >= 4 is 0 Å². The van der Waals surface area contributed by atoms with Crippen molar-refractivity contribution in [1.29, 1.82) is 0 Å². The lowest BCUT2D eigenvalue weighted by molar-refractivity contribution is 0.00785. The van der Waals surface area contributed by atoms with E-state index in [1.165, 1.54) is 0 Å². The summed E-state index contributed by atoms with van der Waals surface area (Å²) in [7, 11) is 0. The molecular weight excluding hydrogens is 196 g/mol. The van der Waals surface area contributed by atoms with Gasteiger partial charge in [0.25, 0.3) is 0 Å². The van der Waals surface area contributed by atoms with Gasteiger partial charge in [0.2, 0.25) is 0 Å². The number of nitrogens with two attached hydrogens (primary N) is 2. The Morgan fingerprint density at radius 1 is 0.750 bits per heavy atom. The summed E-state index contributed by atoms with van der Waals surface area (Å²) in [5, 5.41) is 0. The van der Waals surface area contributed by atoms with Crippen molar-refractivity contribution < 1.29 is 0 Å². The van der Waals surface area contributed by atoms with Crippen molar-refractivity contribution in [2.24, 2.45) is 47.0 Å². The molecule has 92 valence electrons. The molecule has 0 spiro atoms. The minimum absolute atomic E-state index is 0.206. The highest BCUT2D eigenvalue weighted by Crippen LogP contribution is 2.48. The second-order valence-corrected chi connectivity index (χ2v) is 6.13. The molecule has 0 amide bonds. The SMILES string of the molecule is CC1C=CC(N)C2C(C)C(N)C(C)C(C)C12. The normalized spacial score (nSPS) is 57.1. The molecule has 2 nitrogen and oxygen atoms in total. The lowest BCUT2D eigenvalue weighted by Crippen LogP contribution is -2.57. The fourth-order valence-electron chi connectivity index (χ4n) is 4.13. The van der Waals surface area contributed by atoms with Gasteiger partial charge in [-0.05, 0) is 35.5 Å². The highest BCUT2D eigenvalue weighted by molar-refractivity contribution is 5.12. The number of hydrogen-bond acceptors (Lipinski definition) is 2. The largest absolute Gasteiger partial charge is 0.327 e. The Balaban J connectivity index is 2.34. The average Bonchev–Trinajstić information content (AvgIpc) is 2.26. The number of fused-ring (bicyclic) bond motifs is 1. The third kappa shape index (κ3) is 1.63. The Morgan fingerprint density at radius 3 is 2.00 bits per heavy atom. The first-order valence-corrected chi connectivity index (χ1v) is 6.64. The van der Waals surface area contributed by atoms with Crippen LogP contribution >= 0.6 is 0 Å². The van der Waals surface area contributed by atoms with E-state index >= 15 is 0 Å². The second-order valence-electron chi connectivity index (χ2n) is 6.13. The van der Waals surface area contributed by atoms with Gasteiger partial charge in [0.1, 0.15) is 0 Å². The molecule has 2 heteroatoms. The molecule has 4 N–H and O–H groups in total. The zero-order chi connectivity index (χ0) is 12.0. The van der Waals surface area contributed by atoms with Crippen LogP contribution in [0.4, 0.5) is 0 Å². The molecule has 2 rings (SSSR count). The van der Waals surface area contributed by atoms with E-state index in [4.69, 9.17) is 11.5 Å². The van der Waals surface area contributed by atoms with Crippen LogP contribution < -0.4 is 11.5 Å². The molecule has 1 fully saturated rings. The maximum Gasteiger partial charge on any atom is 0.0258 e. The van der Waals surface area contributed by atoms with E-state index in [0.29, 0.717) is 41.5 Å². The molecule has 2 aliphatic rings. The minimum Gasteiger partial charge on any atom is -0.327 e. The van der Waals surface area contributed by atoms with E-state index in [1.54, 1.807) is 0 Å². The fraction of sp³-hybridized carbons (Fsp3) is 0.857. The highest BCUT2D eigenvalue weighted by atomic mass is 14.8. The van der Waals surface area contributed by atoms with Crippen LogP contribution in [-0.2, 0) is 0 Å². The van der Waals surface area contributed by atoms with E-state index in [1.807, 2.05) is 0 Å². The molecule has 0 aromatic heterocycles. The van der Waals surface area contributed by atoms with Crippen molar-refractivity contribution in [3.63, 3.8) is 0 Å². The summed E-state index contributed by atoms with van der Waals surface area (Å²) in [5.41, 5.74) is 12.6. The summed E-state index contributed by atoms with van der Waals surface area (Å²) in [6.45, 7) is 9.28. The van der Waals surface area contributed by atoms with Crippen LogP contribution in [0.3, 0.4) is 0 Å². The zero-order valence-electron chi connectivity index (χ0n) is 10.9. The van der Waals surface area contributed by atoms with Gasteiger partial charge in [0.05, 0.1) is 0 Å². The van der Waals surface area contributed by atoms with Crippen molar-refractivity contribution in [2.75, 3.05) is 0 Å². The Morgan fingerprint density at radius 2 is 1.38 bits per heavy atom. The summed E-state index contributed by atoms with van der Waals surface area (Å²) in [6, 6.07) is 0.512. The predicted octanol–water partition coefficient (Wildman–Crippen LogP) is 2.00. The Bertz CT molecular complexity index is 258. The van der Waals surface area contributed by atoms with Gasteiger partial charge in [-0.2, -0.15) is 0 Å². The summed E-state index contributed by atoms with van der Waals surface area (Å²) in [4.78, 5) is 0. The minimum atomic E-state index is 0.206. The van der Waals surface area contributed by atoms with Crippen molar-refractivity contribution in [1.82, 2.24) is 0 Å². The van der Waals surface area contributed by atoms with Crippen molar-refractivity contribution in [2.45, 2.75) is 39.8 Å². The van der Waals surface area contributed by atoms with Crippen molar-refractivity contribution in [3.8, 4) is 0 Å². The average molecular weight is 222 g/mol. The second kappa shape index (κ2) is 4.15. The van der Waals surface area contributed by atoms with Crippen LogP contribution in [0.25, 0.3) is 0 Å². The predicted molar refractivity (Wildman–Crippen MR) is 68.7 cm³/mol. The molecule has 0 saturated heterocycles. The Labute approximate surface area is 99.5 Å². The topological polar surface area (TPSA) is 52.0 Å². The summed E-state index contributed by atoms with van der Waals surface area (Å²) >= 11 is 0. The van der Waals surface area contributed by atoms with Crippen LogP contribution in [0.15, 0.2) is 12.2 Å². The molecule has 0 aromatic carbocycles. The molecular formula is C14H26N2. The van der Waals surface area contributed by atoms with Gasteiger partial charge < -0.3 is 11.5 Å². The lowest BCUT2D eigenvalue weighted by Gasteiger charge is -2.53. The first-order chi connectivity index (χ1) is 7.45. The Hall–Kier alpha value is -0.340. The monoisotopic (exact) mass is 222 g/mol. The van der Waals surface area contributed by atoms with E-state index in [9.17, 15) is 0 Å². The molecule has 1 saturated carbocycles. The lowest BCUT2D eigenvalue weighted by atomic mass is 9.54. The first kappa shape index (κ1) is 12.1. The van der Waals surface area contributed by atoms with Gasteiger partial charge in [-0.25, -0.2) is 0 Å². The smallest absolute Gasteiger partial charge is 0.0258 e. The standard InChI is InChI=1S/C14H26N2/c1-7-5-6-11(15)13-10(4)14(16)9(3)8(2)12(7)13/h5-14H,15-16H2,1-4H3. The third-order valence-electron chi connectivity index (χ3n) is 5.39. The number of rotatable bonds is 0. The van der Waals surface area contributed by atoms with Gasteiger partial charge in [-0.1, -0.05) is 39.8 Å². The quantitative estimate of drug-likeness (QED) is 0.616. The fourth-order valence-corrected chi connectivity index (χ4v) is 4.13. The third-order valence-corrected chi connectivity index (χ3v) is 5.39. The molecule has 8 atom stereocenters. The molecule has 0 heterocycles. The van der Waals surface area contributed by atoms with Gasteiger partial charge in [0, 0.05) is 12.1 Å².